The summed E-state index contributed by atoms with van der Waals surface area (Å²) in [6.45, 7) is 0.777. The van der Waals surface area contributed by atoms with E-state index in [9.17, 15) is 4.79 Å². The number of carbonyl (C=O) groups is 1. The summed E-state index contributed by atoms with van der Waals surface area (Å²) in [6.07, 6.45) is 3.98. The lowest BCUT2D eigenvalue weighted by Gasteiger charge is -2.12. The molecule has 4 nitrogen and oxygen atoms in total. The van der Waals surface area contributed by atoms with E-state index in [-0.39, 0.29) is 5.91 Å². The van der Waals surface area contributed by atoms with Gasteiger partial charge in [0.1, 0.15) is 0 Å². The van der Waals surface area contributed by atoms with E-state index in [1.165, 1.54) is 30.4 Å². The number of fused-ring (bicyclic) bond motifs is 3. The second-order valence-electron chi connectivity index (χ2n) is 7.41. The van der Waals surface area contributed by atoms with Crippen LogP contribution in [0, 0.1) is 5.92 Å². The van der Waals surface area contributed by atoms with Gasteiger partial charge in [-0.1, -0.05) is 42.5 Å². The molecular formula is C21H21N3O. The molecule has 1 saturated carbocycles. The summed E-state index contributed by atoms with van der Waals surface area (Å²) in [5.41, 5.74) is 5.16. The number of benzene rings is 2. The lowest BCUT2D eigenvalue weighted by Crippen LogP contribution is -2.29. The van der Waals surface area contributed by atoms with Crippen molar-refractivity contribution >= 4 is 16.8 Å². The van der Waals surface area contributed by atoms with Crippen LogP contribution in [0.15, 0.2) is 48.5 Å². The molecule has 2 atom stereocenters. The van der Waals surface area contributed by atoms with Crippen molar-refractivity contribution in [3.05, 3.63) is 65.4 Å². The van der Waals surface area contributed by atoms with E-state index in [1.807, 2.05) is 24.3 Å². The van der Waals surface area contributed by atoms with Crippen LogP contribution in [0.3, 0.4) is 0 Å². The van der Waals surface area contributed by atoms with Crippen LogP contribution in [0.4, 0.5) is 0 Å². The van der Waals surface area contributed by atoms with E-state index in [1.54, 1.807) is 0 Å². The molecule has 2 aliphatic rings. The highest BCUT2D eigenvalue weighted by atomic mass is 16.1. The van der Waals surface area contributed by atoms with E-state index in [4.69, 9.17) is 0 Å². The third-order valence-corrected chi connectivity index (χ3v) is 6.05. The molecule has 1 heterocycles. The number of aromatic nitrogens is 2. The van der Waals surface area contributed by atoms with Gasteiger partial charge >= 0.3 is 0 Å². The highest BCUT2D eigenvalue weighted by molar-refractivity contribution is 5.87. The Hall–Kier alpha value is -2.62. The quantitative estimate of drug-likeness (QED) is 0.772. The van der Waals surface area contributed by atoms with Gasteiger partial charge in [0.05, 0.1) is 17.6 Å². The zero-order valence-corrected chi connectivity index (χ0v) is 14.1. The van der Waals surface area contributed by atoms with Crippen molar-refractivity contribution in [1.29, 1.82) is 0 Å². The van der Waals surface area contributed by atoms with Crippen molar-refractivity contribution in [1.82, 2.24) is 15.5 Å². The average molecular weight is 331 g/mol. The summed E-state index contributed by atoms with van der Waals surface area (Å²) in [6, 6.07) is 16.7. The second kappa shape index (κ2) is 5.45. The monoisotopic (exact) mass is 331 g/mol. The van der Waals surface area contributed by atoms with Crippen molar-refractivity contribution in [2.24, 2.45) is 5.92 Å². The molecule has 25 heavy (non-hydrogen) atoms. The number of aromatic amines is 1. The first-order valence-corrected chi connectivity index (χ1v) is 9.03. The fourth-order valence-electron chi connectivity index (χ4n) is 4.61. The van der Waals surface area contributed by atoms with E-state index in [2.05, 4.69) is 39.8 Å². The summed E-state index contributed by atoms with van der Waals surface area (Å²) in [4.78, 5) is 12.4. The maximum absolute atomic E-state index is 12.4. The van der Waals surface area contributed by atoms with Crippen molar-refractivity contribution in [2.45, 2.75) is 31.1 Å². The Kier molecular flexibility index (Phi) is 3.20. The van der Waals surface area contributed by atoms with Gasteiger partial charge < -0.3 is 5.32 Å². The SMILES string of the molecule is O=C(Cc1[nH]nc2ccccc12)NC[C@H]1C[C@@]12CCc1ccccc12. The molecule has 2 N–H and O–H groups in total. The number of nitrogens with zero attached hydrogens (tertiary/aromatic N) is 1. The predicted molar refractivity (Wildman–Crippen MR) is 97.4 cm³/mol. The zero-order chi connectivity index (χ0) is 16.9. The fraction of sp³-hybridized carbons (Fsp3) is 0.333. The standard InChI is InChI=1S/C21H21N3O/c25-20(11-19-16-6-2-4-8-18(16)23-24-19)22-13-15-12-21(15)10-9-14-5-1-3-7-17(14)21/h1-8,15H,9-13H2,(H,22,25)(H,23,24)/t15-,21+/m1/s1. The molecule has 0 saturated heterocycles. The molecule has 5 rings (SSSR count). The number of para-hydroxylation sites is 1. The first kappa shape index (κ1) is 14.7. The summed E-state index contributed by atoms with van der Waals surface area (Å²) in [7, 11) is 0. The van der Waals surface area contributed by atoms with E-state index in [0.29, 0.717) is 17.8 Å². The molecule has 2 aliphatic carbocycles. The van der Waals surface area contributed by atoms with Crippen LogP contribution in [0.2, 0.25) is 0 Å². The van der Waals surface area contributed by atoms with Gasteiger partial charge in [-0.3, -0.25) is 9.89 Å². The lowest BCUT2D eigenvalue weighted by atomic mass is 9.95. The molecule has 1 spiro atoms. The highest BCUT2D eigenvalue weighted by Gasteiger charge is 2.57. The summed E-state index contributed by atoms with van der Waals surface area (Å²) >= 11 is 0. The molecule has 1 fully saturated rings. The number of rotatable bonds is 4. The van der Waals surface area contributed by atoms with Gasteiger partial charge in [0.25, 0.3) is 0 Å². The minimum absolute atomic E-state index is 0.0720. The largest absolute Gasteiger partial charge is 0.355 e. The normalized spacial score (nSPS) is 23.8. The van der Waals surface area contributed by atoms with Crippen molar-refractivity contribution in [2.75, 3.05) is 6.54 Å². The molecule has 1 aromatic heterocycles. The van der Waals surface area contributed by atoms with Gasteiger partial charge in [-0.25, -0.2) is 0 Å². The lowest BCUT2D eigenvalue weighted by molar-refractivity contribution is -0.120. The third kappa shape index (κ3) is 2.36. The maximum atomic E-state index is 12.4. The van der Waals surface area contributed by atoms with Gasteiger partial charge in [-0.15, -0.1) is 0 Å². The summed E-state index contributed by atoms with van der Waals surface area (Å²) in [5, 5.41) is 11.4. The van der Waals surface area contributed by atoms with Gasteiger partial charge in [0.15, 0.2) is 0 Å². The Balaban J connectivity index is 1.22. The Labute approximate surface area is 146 Å². The fourth-order valence-corrected chi connectivity index (χ4v) is 4.61. The Morgan fingerprint density at radius 3 is 3.00 bits per heavy atom. The van der Waals surface area contributed by atoms with Crippen LogP contribution in [0.1, 0.15) is 29.7 Å². The number of H-pyrrole nitrogens is 1. The second-order valence-corrected chi connectivity index (χ2v) is 7.41. The van der Waals surface area contributed by atoms with E-state index in [0.717, 1.165) is 23.1 Å². The molecule has 0 radical (unpaired) electrons. The highest BCUT2D eigenvalue weighted by Crippen LogP contribution is 2.61. The Bertz CT molecular complexity index is 960. The van der Waals surface area contributed by atoms with Crippen LogP contribution < -0.4 is 5.32 Å². The van der Waals surface area contributed by atoms with E-state index < -0.39 is 0 Å². The summed E-state index contributed by atoms with van der Waals surface area (Å²) < 4.78 is 0. The molecule has 4 heteroatoms. The predicted octanol–water partition coefficient (Wildman–Crippen LogP) is 3.13. The smallest absolute Gasteiger partial charge is 0.226 e. The molecule has 1 amide bonds. The van der Waals surface area contributed by atoms with Crippen LogP contribution in [0.5, 0.6) is 0 Å². The van der Waals surface area contributed by atoms with Crippen molar-refractivity contribution in [3.63, 3.8) is 0 Å². The Morgan fingerprint density at radius 2 is 2.04 bits per heavy atom. The molecule has 0 aliphatic heterocycles. The van der Waals surface area contributed by atoms with Crippen molar-refractivity contribution < 1.29 is 4.79 Å². The van der Waals surface area contributed by atoms with E-state index >= 15 is 0 Å². The molecule has 0 unspecified atom stereocenters. The molecule has 126 valence electrons. The number of hydrogen-bond acceptors (Lipinski definition) is 2. The average Bonchev–Trinajstić information content (AvgIpc) is 3.00. The van der Waals surface area contributed by atoms with Gasteiger partial charge in [-0.05, 0) is 42.4 Å². The van der Waals surface area contributed by atoms with Crippen LogP contribution in [-0.4, -0.2) is 22.6 Å². The molecule has 0 bridgehead atoms. The number of amides is 1. The molecular weight excluding hydrogens is 310 g/mol. The van der Waals surface area contributed by atoms with Crippen LogP contribution in [0.25, 0.3) is 10.9 Å². The first-order valence-electron chi connectivity index (χ1n) is 9.03. The summed E-state index contributed by atoms with van der Waals surface area (Å²) in [5.74, 6) is 0.654. The number of nitrogens with one attached hydrogen (secondary N) is 2. The van der Waals surface area contributed by atoms with Gasteiger partial charge in [-0.2, -0.15) is 5.10 Å². The zero-order valence-electron chi connectivity index (χ0n) is 14.1. The first-order chi connectivity index (χ1) is 12.3. The minimum Gasteiger partial charge on any atom is -0.355 e. The van der Waals surface area contributed by atoms with Crippen LogP contribution >= 0.6 is 0 Å². The molecule has 2 aromatic carbocycles. The topological polar surface area (TPSA) is 57.8 Å². The minimum atomic E-state index is 0.0720. The molecule has 3 aromatic rings. The Morgan fingerprint density at radius 1 is 1.20 bits per heavy atom. The van der Waals surface area contributed by atoms with Crippen LogP contribution in [-0.2, 0) is 23.1 Å². The van der Waals surface area contributed by atoms with Crippen molar-refractivity contribution in [3.8, 4) is 0 Å². The maximum Gasteiger partial charge on any atom is 0.226 e. The number of aryl methyl sites for hydroxylation is 1. The number of carbonyl (C=O) groups excluding carboxylic acids is 1. The van der Waals surface area contributed by atoms with Gasteiger partial charge in [0.2, 0.25) is 5.91 Å². The number of hydrogen-bond donors (Lipinski definition) is 2. The third-order valence-electron chi connectivity index (χ3n) is 6.05. The van der Waals surface area contributed by atoms with Gasteiger partial charge in [0, 0.05) is 17.3 Å².